The SMILES string of the molecule is C=CCC([C]=O)(CCCCCCCCCCCCCCCC)C(=O)CCCCCCCCCCCCCCCCC. The molecule has 241 valence electrons. The van der Waals surface area contributed by atoms with E-state index in [-0.39, 0.29) is 5.78 Å². The lowest BCUT2D eigenvalue weighted by Gasteiger charge is -2.24. The van der Waals surface area contributed by atoms with Crippen LogP contribution in [0.2, 0.25) is 0 Å². The van der Waals surface area contributed by atoms with Gasteiger partial charge in [-0.1, -0.05) is 200 Å². The second-order valence-electron chi connectivity index (χ2n) is 13.1. The molecule has 2 nitrogen and oxygen atoms in total. The molecule has 0 rings (SSSR count). The number of carbonyl (C=O) groups is 1. The van der Waals surface area contributed by atoms with Gasteiger partial charge in [-0.2, -0.15) is 0 Å². The Morgan fingerprint density at radius 2 is 0.805 bits per heavy atom. The molecular formula is C39H73O2. The number of hydrogen-bond acceptors (Lipinski definition) is 2. The summed E-state index contributed by atoms with van der Waals surface area (Å²) in [5.41, 5.74) is -0.936. The van der Waals surface area contributed by atoms with Crippen LogP contribution in [-0.2, 0) is 9.59 Å². The third-order valence-electron chi connectivity index (χ3n) is 9.19. The third-order valence-corrected chi connectivity index (χ3v) is 9.19. The highest BCUT2D eigenvalue weighted by Crippen LogP contribution is 2.31. The summed E-state index contributed by atoms with van der Waals surface area (Å²) in [5.74, 6) is 0.108. The number of hydrogen-bond donors (Lipinski definition) is 0. The highest BCUT2D eigenvalue weighted by molar-refractivity contribution is 5.98. The summed E-state index contributed by atoms with van der Waals surface area (Å²) in [6.07, 6.45) is 43.8. The zero-order valence-corrected chi connectivity index (χ0v) is 28.2. The molecule has 0 aromatic carbocycles. The Morgan fingerprint density at radius 1 is 0.512 bits per heavy atom. The Bertz CT molecular complexity index is 568. The highest BCUT2D eigenvalue weighted by Gasteiger charge is 2.36. The number of allylic oxidation sites excluding steroid dienone is 1. The molecule has 1 unspecified atom stereocenters. The molecule has 0 fully saturated rings. The van der Waals surface area contributed by atoms with Gasteiger partial charge in [0.15, 0.2) is 0 Å². The molecule has 0 saturated carbocycles. The van der Waals surface area contributed by atoms with Crippen molar-refractivity contribution in [3.8, 4) is 0 Å². The van der Waals surface area contributed by atoms with Crippen molar-refractivity contribution in [1.82, 2.24) is 0 Å². The largest absolute Gasteiger partial charge is 0.299 e. The first-order chi connectivity index (χ1) is 20.2. The van der Waals surface area contributed by atoms with Crippen LogP contribution in [-0.4, -0.2) is 12.1 Å². The van der Waals surface area contributed by atoms with Crippen LogP contribution in [0.5, 0.6) is 0 Å². The van der Waals surface area contributed by atoms with Crippen molar-refractivity contribution in [2.45, 2.75) is 219 Å². The zero-order chi connectivity index (χ0) is 30.1. The molecule has 0 saturated heterocycles. The van der Waals surface area contributed by atoms with Gasteiger partial charge in [-0.3, -0.25) is 9.59 Å². The zero-order valence-electron chi connectivity index (χ0n) is 28.2. The minimum atomic E-state index is -0.936. The van der Waals surface area contributed by atoms with Crippen LogP contribution in [0.4, 0.5) is 0 Å². The van der Waals surface area contributed by atoms with Crippen LogP contribution in [0.25, 0.3) is 0 Å². The smallest absolute Gasteiger partial charge is 0.213 e. The topological polar surface area (TPSA) is 34.1 Å². The van der Waals surface area contributed by atoms with Crippen LogP contribution in [0, 0.1) is 5.41 Å². The molecule has 0 spiro atoms. The van der Waals surface area contributed by atoms with Gasteiger partial charge in [-0.05, 0) is 19.3 Å². The molecule has 0 aliphatic heterocycles. The minimum absolute atomic E-state index is 0.108. The molecule has 0 heterocycles. The van der Waals surface area contributed by atoms with E-state index in [0.717, 1.165) is 25.7 Å². The first-order valence-corrected chi connectivity index (χ1v) is 18.7. The molecule has 0 bridgehead atoms. The van der Waals surface area contributed by atoms with Gasteiger partial charge in [-0.25, -0.2) is 0 Å². The van der Waals surface area contributed by atoms with E-state index >= 15 is 0 Å². The Labute approximate surface area is 258 Å². The summed E-state index contributed by atoms with van der Waals surface area (Å²) in [6, 6.07) is 0. The van der Waals surface area contributed by atoms with E-state index in [1.807, 2.05) is 0 Å². The van der Waals surface area contributed by atoms with Gasteiger partial charge in [0, 0.05) is 6.42 Å². The van der Waals surface area contributed by atoms with E-state index in [9.17, 15) is 9.59 Å². The fourth-order valence-corrected chi connectivity index (χ4v) is 6.27. The standard InChI is InChI=1S/C39H73O2/c1-4-7-9-11-13-15-17-19-21-22-24-26-28-30-32-34-38(41)39(37-40,35-6-3)36-33-31-29-27-25-23-20-18-16-14-12-10-8-5-2/h6H,3-5,7-36H2,1-2H3. The van der Waals surface area contributed by atoms with E-state index < -0.39 is 5.41 Å². The molecule has 1 radical (unpaired) electrons. The van der Waals surface area contributed by atoms with Gasteiger partial charge in [0.2, 0.25) is 6.29 Å². The summed E-state index contributed by atoms with van der Waals surface area (Å²) in [7, 11) is 0. The maximum absolute atomic E-state index is 13.1. The van der Waals surface area contributed by atoms with Crippen LogP contribution in [0.1, 0.15) is 219 Å². The Hall–Kier alpha value is -0.920. The van der Waals surface area contributed by atoms with Gasteiger partial charge in [0.25, 0.3) is 0 Å². The van der Waals surface area contributed by atoms with E-state index in [1.54, 1.807) is 6.08 Å². The van der Waals surface area contributed by atoms with E-state index in [1.165, 1.54) is 161 Å². The molecule has 41 heavy (non-hydrogen) atoms. The van der Waals surface area contributed by atoms with Gasteiger partial charge < -0.3 is 0 Å². The fourth-order valence-electron chi connectivity index (χ4n) is 6.27. The van der Waals surface area contributed by atoms with Crippen LogP contribution in [0.3, 0.4) is 0 Å². The molecular weight excluding hydrogens is 500 g/mol. The first-order valence-electron chi connectivity index (χ1n) is 18.7. The molecule has 1 atom stereocenters. The summed E-state index contributed by atoms with van der Waals surface area (Å²) in [6.45, 7) is 8.40. The van der Waals surface area contributed by atoms with E-state index in [2.05, 4.69) is 26.7 Å². The van der Waals surface area contributed by atoms with Crippen molar-refractivity contribution in [2.24, 2.45) is 5.41 Å². The van der Waals surface area contributed by atoms with Crippen LogP contribution in [0.15, 0.2) is 12.7 Å². The monoisotopic (exact) mass is 574 g/mol. The predicted octanol–water partition coefficient (Wildman–Crippen LogP) is 13.4. The molecule has 0 amide bonds. The number of rotatable bonds is 35. The third kappa shape index (κ3) is 25.3. The van der Waals surface area contributed by atoms with Crippen molar-refractivity contribution in [2.75, 3.05) is 0 Å². The van der Waals surface area contributed by atoms with Gasteiger partial charge >= 0.3 is 0 Å². The molecule has 0 aromatic heterocycles. The molecule has 2 heteroatoms. The minimum Gasteiger partial charge on any atom is -0.299 e. The molecule has 0 aliphatic carbocycles. The molecule has 0 aromatic rings. The lowest BCUT2D eigenvalue weighted by molar-refractivity contribution is -0.125. The lowest BCUT2D eigenvalue weighted by atomic mass is 9.75. The predicted molar refractivity (Wildman–Crippen MR) is 182 cm³/mol. The summed E-state index contributed by atoms with van der Waals surface area (Å²) in [5, 5.41) is 0. The van der Waals surface area contributed by atoms with Crippen molar-refractivity contribution < 1.29 is 9.59 Å². The number of ketones is 1. The second-order valence-corrected chi connectivity index (χ2v) is 13.1. The number of carbonyl (C=O) groups excluding carboxylic acids is 2. The summed E-state index contributed by atoms with van der Waals surface area (Å²) in [4.78, 5) is 25.1. The summed E-state index contributed by atoms with van der Waals surface area (Å²) >= 11 is 0. The van der Waals surface area contributed by atoms with Crippen molar-refractivity contribution in [1.29, 1.82) is 0 Å². The van der Waals surface area contributed by atoms with Gasteiger partial charge in [0.05, 0.1) is 5.41 Å². The molecule has 0 aliphatic rings. The average Bonchev–Trinajstić information content (AvgIpc) is 2.98. The average molecular weight is 574 g/mol. The molecule has 0 N–H and O–H groups in total. The highest BCUT2D eigenvalue weighted by atomic mass is 16.1. The van der Waals surface area contributed by atoms with Crippen LogP contribution < -0.4 is 0 Å². The summed E-state index contributed by atoms with van der Waals surface area (Å²) < 4.78 is 0. The fraction of sp³-hybridized carbons (Fsp3) is 0.897. The van der Waals surface area contributed by atoms with Crippen molar-refractivity contribution in [3.63, 3.8) is 0 Å². The Kier molecular flexibility index (Phi) is 31.3. The quantitative estimate of drug-likeness (QED) is 0.0429. The maximum Gasteiger partial charge on any atom is 0.213 e. The van der Waals surface area contributed by atoms with Gasteiger partial charge in [-0.15, -0.1) is 6.58 Å². The van der Waals surface area contributed by atoms with E-state index in [0.29, 0.717) is 19.3 Å². The van der Waals surface area contributed by atoms with Crippen molar-refractivity contribution in [3.05, 3.63) is 12.7 Å². The van der Waals surface area contributed by atoms with Crippen LogP contribution >= 0.6 is 0 Å². The lowest BCUT2D eigenvalue weighted by Crippen LogP contribution is -2.32. The van der Waals surface area contributed by atoms with E-state index in [4.69, 9.17) is 0 Å². The first kappa shape index (κ1) is 40.1. The normalized spacial score (nSPS) is 12.8. The van der Waals surface area contributed by atoms with Crippen molar-refractivity contribution >= 4 is 12.1 Å². The Balaban J connectivity index is 3.80. The van der Waals surface area contributed by atoms with Gasteiger partial charge in [0.1, 0.15) is 5.78 Å². The Morgan fingerprint density at radius 3 is 1.10 bits per heavy atom. The number of unbranched alkanes of at least 4 members (excludes halogenated alkanes) is 27. The maximum atomic E-state index is 13.1. The number of Topliss-reactive ketones (excluding diaryl/α,β-unsaturated/α-hetero) is 1. The second kappa shape index (κ2) is 32.0.